The Balaban J connectivity index is 2.08. The average Bonchev–Trinajstić information content (AvgIpc) is 3.18. The topological polar surface area (TPSA) is 36.9 Å². The molecular formula is C50H84O4. The summed E-state index contributed by atoms with van der Waals surface area (Å²) in [6, 6.07) is 12.8. The van der Waals surface area contributed by atoms with Crippen LogP contribution in [-0.4, -0.2) is 26.4 Å². The normalized spacial score (nSPS) is 11.4. The third-order valence-electron chi connectivity index (χ3n) is 10.3. The van der Waals surface area contributed by atoms with Gasteiger partial charge in [0.2, 0.25) is 0 Å². The molecule has 2 aromatic rings. The number of ether oxygens (including phenoxy) is 4. The van der Waals surface area contributed by atoms with E-state index in [1.54, 1.807) is 0 Å². The summed E-state index contributed by atoms with van der Waals surface area (Å²) in [7, 11) is 0. The fourth-order valence-electron chi connectivity index (χ4n) is 6.90. The molecule has 0 aliphatic heterocycles. The van der Waals surface area contributed by atoms with Crippen LogP contribution >= 0.6 is 0 Å². The summed E-state index contributed by atoms with van der Waals surface area (Å²) < 4.78 is 25.3. The Labute approximate surface area is 334 Å². The van der Waals surface area contributed by atoms with Gasteiger partial charge < -0.3 is 18.9 Å². The molecule has 0 bridgehead atoms. The molecule has 0 spiro atoms. The van der Waals surface area contributed by atoms with Gasteiger partial charge in [-0.25, -0.2) is 0 Å². The van der Waals surface area contributed by atoms with E-state index in [1.165, 1.54) is 154 Å². The summed E-state index contributed by atoms with van der Waals surface area (Å²) in [6.07, 6.45) is 40.2. The minimum atomic E-state index is 0.746. The van der Waals surface area contributed by atoms with Crippen LogP contribution in [0.15, 0.2) is 36.4 Å². The van der Waals surface area contributed by atoms with Crippen molar-refractivity contribution in [1.82, 2.24) is 0 Å². The van der Waals surface area contributed by atoms with Gasteiger partial charge in [-0.3, -0.25) is 0 Å². The van der Waals surface area contributed by atoms with Crippen LogP contribution in [0.1, 0.15) is 219 Å². The molecule has 0 aliphatic rings. The lowest BCUT2D eigenvalue weighted by molar-refractivity contribution is 0.289. The van der Waals surface area contributed by atoms with E-state index in [0.29, 0.717) is 0 Å². The van der Waals surface area contributed by atoms with Gasteiger partial charge in [-0.1, -0.05) is 194 Å². The second-order valence-electron chi connectivity index (χ2n) is 15.7. The molecule has 4 nitrogen and oxygen atoms in total. The van der Waals surface area contributed by atoms with Crippen molar-refractivity contribution < 1.29 is 18.9 Å². The van der Waals surface area contributed by atoms with Gasteiger partial charge in [0.1, 0.15) is 23.0 Å². The lowest BCUT2D eigenvalue weighted by Gasteiger charge is -2.13. The van der Waals surface area contributed by atoms with Crippen molar-refractivity contribution in [2.24, 2.45) is 0 Å². The third kappa shape index (κ3) is 26.2. The molecule has 0 aliphatic carbocycles. The molecule has 2 aromatic carbocycles. The molecule has 0 amide bonds. The van der Waals surface area contributed by atoms with Gasteiger partial charge in [0.15, 0.2) is 0 Å². The zero-order valence-corrected chi connectivity index (χ0v) is 35.9. The van der Waals surface area contributed by atoms with Crippen LogP contribution in [0.5, 0.6) is 23.0 Å². The molecule has 4 heteroatoms. The number of unbranched alkanes of at least 4 members (excludes halogenated alkanes) is 24. The molecule has 0 heterocycles. The molecule has 0 saturated heterocycles. The molecule has 2 rings (SSSR count). The van der Waals surface area contributed by atoms with Gasteiger partial charge in [-0.15, -0.1) is 0 Å². The first-order chi connectivity index (χ1) is 26.7. The maximum absolute atomic E-state index is 6.32. The Morgan fingerprint density at radius 3 is 0.704 bits per heavy atom. The van der Waals surface area contributed by atoms with Crippen LogP contribution in [0.2, 0.25) is 0 Å². The molecule has 54 heavy (non-hydrogen) atoms. The van der Waals surface area contributed by atoms with Gasteiger partial charge in [-0.05, 0) is 61.1 Å². The lowest BCUT2D eigenvalue weighted by atomic mass is 10.1. The number of hydrogen-bond donors (Lipinski definition) is 0. The van der Waals surface area contributed by atoms with Crippen LogP contribution in [0.3, 0.4) is 0 Å². The highest BCUT2D eigenvalue weighted by molar-refractivity contribution is 5.72. The molecular weight excluding hydrogens is 665 g/mol. The Morgan fingerprint density at radius 2 is 0.481 bits per heavy atom. The third-order valence-corrected chi connectivity index (χ3v) is 10.3. The van der Waals surface area contributed by atoms with Gasteiger partial charge in [0.25, 0.3) is 0 Å². The van der Waals surface area contributed by atoms with E-state index in [0.717, 1.165) is 86.2 Å². The minimum Gasteiger partial charge on any atom is -0.493 e. The van der Waals surface area contributed by atoms with Gasteiger partial charge in [0.05, 0.1) is 26.4 Å². The fourth-order valence-corrected chi connectivity index (χ4v) is 6.90. The van der Waals surface area contributed by atoms with Crippen molar-refractivity contribution in [1.29, 1.82) is 0 Å². The Hall–Kier alpha value is -2.62. The molecule has 0 aromatic heterocycles. The second-order valence-corrected chi connectivity index (χ2v) is 15.7. The predicted octanol–water partition coefficient (Wildman–Crippen LogP) is 16.4. The molecule has 0 N–H and O–H groups in total. The van der Waals surface area contributed by atoms with E-state index < -0.39 is 0 Å². The summed E-state index contributed by atoms with van der Waals surface area (Å²) >= 11 is 0. The van der Waals surface area contributed by atoms with E-state index >= 15 is 0 Å². The lowest BCUT2D eigenvalue weighted by Crippen LogP contribution is -2.01. The number of rotatable bonds is 38. The van der Waals surface area contributed by atoms with Crippen LogP contribution in [0.25, 0.3) is 12.2 Å². The van der Waals surface area contributed by atoms with Crippen LogP contribution < -0.4 is 18.9 Å². The van der Waals surface area contributed by atoms with Gasteiger partial charge >= 0.3 is 0 Å². The minimum absolute atomic E-state index is 0.746. The quantitative estimate of drug-likeness (QED) is 0.0506. The Morgan fingerprint density at radius 1 is 0.278 bits per heavy atom. The molecule has 0 atom stereocenters. The average molecular weight is 749 g/mol. The second kappa shape index (κ2) is 34.8. The van der Waals surface area contributed by atoms with Crippen molar-refractivity contribution in [3.8, 4) is 23.0 Å². The SMILES string of the molecule is CCCCCCCCCOc1cc(/C=C/c2cc(OCCCCCCCCC)cc(OCCCCCCCCC)c2)cc(OCCCCCCCCC)c1. The molecule has 0 saturated carbocycles. The first-order valence-corrected chi connectivity index (χ1v) is 23.2. The fraction of sp³-hybridized carbons (Fsp3) is 0.720. The molecule has 0 unspecified atom stereocenters. The van der Waals surface area contributed by atoms with Crippen molar-refractivity contribution >= 4 is 12.2 Å². The van der Waals surface area contributed by atoms with E-state index in [2.05, 4.69) is 76.2 Å². The molecule has 308 valence electrons. The summed E-state index contributed by atoms with van der Waals surface area (Å²) in [5.74, 6) is 3.57. The molecule has 0 fully saturated rings. The summed E-state index contributed by atoms with van der Waals surface area (Å²) in [6.45, 7) is 12.1. The highest BCUT2D eigenvalue weighted by Gasteiger charge is 2.06. The first-order valence-electron chi connectivity index (χ1n) is 23.2. The van der Waals surface area contributed by atoms with Crippen molar-refractivity contribution in [2.75, 3.05) is 26.4 Å². The van der Waals surface area contributed by atoms with Crippen molar-refractivity contribution in [3.63, 3.8) is 0 Å². The number of hydrogen-bond acceptors (Lipinski definition) is 4. The zero-order chi connectivity index (χ0) is 38.6. The smallest absolute Gasteiger partial charge is 0.123 e. The van der Waals surface area contributed by atoms with Gasteiger partial charge in [0, 0.05) is 12.1 Å². The Kier molecular flexibility index (Phi) is 30.7. The predicted molar refractivity (Wildman–Crippen MR) is 236 cm³/mol. The molecule has 0 radical (unpaired) electrons. The van der Waals surface area contributed by atoms with Gasteiger partial charge in [-0.2, -0.15) is 0 Å². The summed E-state index contributed by atoms with van der Waals surface area (Å²) in [5.41, 5.74) is 2.17. The maximum atomic E-state index is 6.32. The summed E-state index contributed by atoms with van der Waals surface area (Å²) in [4.78, 5) is 0. The van der Waals surface area contributed by atoms with E-state index in [9.17, 15) is 0 Å². The standard InChI is InChI=1S/C50H84O4/c1-5-9-13-17-21-25-29-35-51-47-39-45(40-48(43-47)52-36-30-26-22-18-14-10-6-2)33-34-46-41-49(53-37-31-27-23-19-15-11-7-3)44-50(42-46)54-38-32-28-24-20-16-12-8-4/h33-34,39-44H,5-32,35-38H2,1-4H3/b34-33+. The largest absolute Gasteiger partial charge is 0.493 e. The maximum Gasteiger partial charge on any atom is 0.123 e. The van der Waals surface area contributed by atoms with Crippen molar-refractivity contribution in [3.05, 3.63) is 47.5 Å². The van der Waals surface area contributed by atoms with E-state index in [-0.39, 0.29) is 0 Å². The van der Waals surface area contributed by atoms with Crippen LogP contribution in [-0.2, 0) is 0 Å². The van der Waals surface area contributed by atoms with E-state index in [1.807, 2.05) is 0 Å². The van der Waals surface area contributed by atoms with Crippen LogP contribution in [0, 0.1) is 0 Å². The highest BCUT2D eigenvalue weighted by atomic mass is 16.5. The van der Waals surface area contributed by atoms with Crippen molar-refractivity contribution in [2.45, 2.75) is 207 Å². The highest BCUT2D eigenvalue weighted by Crippen LogP contribution is 2.28. The van der Waals surface area contributed by atoms with E-state index in [4.69, 9.17) is 18.9 Å². The monoisotopic (exact) mass is 749 g/mol. The van der Waals surface area contributed by atoms with Crippen LogP contribution in [0.4, 0.5) is 0 Å². The summed E-state index contributed by atoms with van der Waals surface area (Å²) in [5, 5.41) is 0. The zero-order valence-electron chi connectivity index (χ0n) is 35.9. The Bertz CT molecular complexity index is 991. The first kappa shape index (κ1) is 47.5. The number of benzene rings is 2.